The van der Waals surface area contributed by atoms with Gasteiger partial charge in [-0.1, -0.05) is 54.6 Å². The summed E-state index contributed by atoms with van der Waals surface area (Å²) in [5.41, 5.74) is 4.37. The molecule has 1 aromatic heterocycles. The quantitative estimate of drug-likeness (QED) is 0.507. The molecule has 0 aliphatic rings. The molecule has 0 saturated carbocycles. The van der Waals surface area contributed by atoms with Crippen molar-refractivity contribution in [3.8, 4) is 11.1 Å². The zero-order chi connectivity index (χ0) is 20.3. The van der Waals surface area contributed by atoms with Gasteiger partial charge in [-0.05, 0) is 37.5 Å². The molecule has 142 valence electrons. The van der Waals surface area contributed by atoms with Gasteiger partial charge in [0.05, 0.1) is 0 Å². The minimum Gasteiger partial charge on any atom is -0.453 e. The lowest BCUT2D eigenvalue weighted by Crippen LogP contribution is -2.15. The average Bonchev–Trinajstić information content (AvgIpc) is 3.01. The second-order valence-electron chi connectivity index (χ2n) is 6.62. The number of Topliss-reactive ketones (excluding diaryl/α,β-unsaturated/α-hetero) is 2. The standard InChI is InChI=1S/C23H21NO4/c1-14-21(16(3)25)15(2)24-22(14)23(27)28-13-20(26)19-11-9-18(10-12-19)17-7-5-4-6-8-17/h4-12,24H,13H2,1-3H3. The van der Waals surface area contributed by atoms with Crippen LogP contribution in [0.5, 0.6) is 0 Å². The Hall–Kier alpha value is -3.47. The number of rotatable bonds is 6. The zero-order valence-electron chi connectivity index (χ0n) is 16.0. The molecule has 5 heteroatoms. The van der Waals surface area contributed by atoms with Gasteiger partial charge in [-0.2, -0.15) is 0 Å². The van der Waals surface area contributed by atoms with Gasteiger partial charge in [0.25, 0.3) is 0 Å². The Morgan fingerprint density at radius 3 is 2.07 bits per heavy atom. The van der Waals surface area contributed by atoms with Crippen LogP contribution in [0.2, 0.25) is 0 Å². The van der Waals surface area contributed by atoms with E-state index in [9.17, 15) is 14.4 Å². The molecule has 5 nitrogen and oxygen atoms in total. The van der Waals surface area contributed by atoms with Crippen LogP contribution in [0.25, 0.3) is 11.1 Å². The Labute approximate surface area is 163 Å². The largest absolute Gasteiger partial charge is 0.453 e. The molecule has 0 spiro atoms. The molecule has 28 heavy (non-hydrogen) atoms. The van der Waals surface area contributed by atoms with E-state index in [-0.39, 0.29) is 23.9 Å². The third-order valence-corrected chi connectivity index (χ3v) is 4.64. The van der Waals surface area contributed by atoms with Gasteiger partial charge in [-0.15, -0.1) is 0 Å². The van der Waals surface area contributed by atoms with E-state index in [0.29, 0.717) is 22.4 Å². The molecule has 1 N–H and O–H groups in total. The van der Waals surface area contributed by atoms with Crippen LogP contribution < -0.4 is 0 Å². The van der Waals surface area contributed by atoms with Crippen LogP contribution in [0, 0.1) is 13.8 Å². The fourth-order valence-electron chi connectivity index (χ4n) is 3.25. The average molecular weight is 375 g/mol. The Kier molecular flexibility index (Phi) is 5.54. The summed E-state index contributed by atoms with van der Waals surface area (Å²) < 4.78 is 5.16. The van der Waals surface area contributed by atoms with Crippen LogP contribution >= 0.6 is 0 Å². The highest BCUT2D eigenvalue weighted by Crippen LogP contribution is 2.21. The SMILES string of the molecule is CC(=O)c1c(C)[nH]c(C(=O)OCC(=O)c2ccc(-c3ccccc3)cc2)c1C. The summed E-state index contributed by atoms with van der Waals surface area (Å²) in [6, 6.07) is 17.0. The van der Waals surface area contributed by atoms with Gasteiger partial charge in [0.15, 0.2) is 18.2 Å². The Balaban J connectivity index is 1.66. The molecule has 2 aromatic carbocycles. The molecule has 0 unspecified atom stereocenters. The summed E-state index contributed by atoms with van der Waals surface area (Å²) in [5.74, 6) is -1.07. The minimum atomic E-state index is -0.651. The lowest BCUT2D eigenvalue weighted by Gasteiger charge is -2.06. The van der Waals surface area contributed by atoms with Crippen LogP contribution in [0.4, 0.5) is 0 Å². The number of aromatic nitrogens is 1. The van der Waals surface area contributed by atoms with Crippen LogP contribution in [0.1, 0.15) is 49.4 Å². The third kappa shape index (κ3) is 3.93. The predicted molar refractivity (Wildman–Crippen MR) is 107 cm³/mol. The maximum absolute atomic E-state index is 12.4. The Bertz CT molecular complexity index is 1030. The molecular weight excluding hydrogens is 354 g/mol. The van der Waals surface area contributed by atoms with Crippen molar-refractivity contribution in [1.82, 2.24) is 4.98 Å². The number of ether oxygens (including phenoxy) is 1. The predicted octanol–water partition coefficient (Wildman–Crippen LogP) is 4.54. The topological polar surface area (TPSA) is 76.2 Å². The van der Waals surface area contributed by atoms with E-state index >= 15 is 0 Å². The monoisotopic (exact) mass is 375 g/mol. The van der Waals surface area contributed by atoms with E-state index in [2.05, 4.69) is 4.98 Å². The summed E-state index contributed by atoms with van der Waals surface area (Å²) in [4.78, 5) is 39.2. The molecule has 0 aliphatic heterocycles. The van der Waals surface area contributed by atoms with E-state index in [1.54, 1.807) is 26.0 Å². The molecular formula is C23H21NO4. The first kappa shape index (κ1) is 19.3. The Morgan fingerprint density at radius 1 is 0.893 bits per heavy atom. The fraction of sp³-hybridized carbons (Fsp3) is 0.174. The molecule has 3 rings (SSSR count). The third-order valence-electron chi connectivity index (χ3n) is 4.64. The smallest absolute Gasteiger partial charge is 0.355 e. The fourth-order valence-corrected chi connectivity index (χ4v) is 3.25. The first-order chi connectivity index (χ1) is 13.4. The van der Waals surface area contributed by atoms with Crippen molar-refractivity contribution < 1.29 is 19.1 Å². The summed E-state index contributed by atoms with van der Waals surface area (Å²) in [6.07, 6.45) is 0. The van der Waals surface area contributed by atoms with Crippen LogP contribution in [-0.4, -0.2) is 29.1 Å². The number of nitrogens with one attached hydrogen (secondary N) is 1. The van der Waals surface area contributed by atoms with Crippen molar-refractivity contribution in [2.45, 2.75) is 20.8 Å². The highest BCUT2D eigenvalue weighted by atomic mass is 16.5. The lowest BCUT2D eigenvalue weighted by atomic mass is 10.0. The minimum absolute atomic E-state index is 0.125. The second kappa shape index (κ2) is 8.05. The first-order valence-corrected chi connectivity index (χ1v) is 8.94. The van der Waals surface area contributed by atoms with Gasteiger partial charge in [0, 0.05) is 16.8 Å². The summed E-state index contributed by atoms with van der Waals surface area (Å²) in [6.45, 7) is 4.48. The zero-order valence-corrected chi connectivity index (χ0v) is 16.0. The summed E-state index contributed by atoms with van der Waals surface area (Å²) in [7, 11) is 0. The molecule has 0 aliphatic carbocycles. The van der Waals surface area contributed by atoms with E-state index in [1.807, 2.05) is 42.5 Å². The highest BCUT2D eigenvalue weighted by Gasteiger charge is 2.21. The van der Waals surface area contributed by atoms with Gasteiger partial charge in [-0.3, -0.25) is 9.59 Å². The number of hydrogen-bond acceptors (Lipinski definition) is 4. The molecule has 3 aromatic rings. The van der Waals surface area contributed by atoms with E-state index in [1.165, 1.54) is 6.92 Å². The van der Waals surface area contributed by atoms with Gasteiger partial charge < -0.3 is 9.72 Å². The number of ketones is 2. The molecule has 0 bridgehead atoms. The van der Waals surface area contributed by atoms with E-state index in [0.717, 1.165) is 11.1 Å². The molecule has 1 heterocycles. The number of hydrogen-bond donors (Lipinski definition) is 1. The van der Waals surface area contributed by atoms with E-state index < -0.39 is 5.97 Å². The number of aromatic amines is 1. The second-order valence-corrected chi connectivity index (χ2v) is 6.62. The van der Waals surface area contributed by atoms with Gasteiger partial charge in [-0.25, -0.2) is 4.79 Å². The maximum atomic E-state index is 12.4. The number of esters is 1. The van der Waals surface area contributed by atoms with E-state index in [4.69, 9.17) is 4.74 Å². The molecule has 0 fully saturated rings. The van der Waals surface area contributed by atoms with Gasteiger partial charge >= 0.3 is 5.97 Å². The van der Waals surface area contributed by atoms with Gasteiger partial charge in [0.1, 0.15) is 5.69 Å². The molecule has 0 amide bonds. The highest BCUT2D eigenvalue weighted by molar-refractivity contribution is 6.02. The van der Waals surface area contributed by atoms with Gasteiger partial charge in [0.2, 0.25) is 0 Å². The normalized spacial score (nSPS) is 10.5. The van der Waals surface area contributed by atoms with Crippen molar-refractivity contribution in [3.05, 3.63) is 82.7 Å². The van der Waals surface area contributed by atoms with Crippen molar-refractivity contribution in [2.75, 3.05) is 6.61 Å². The van der Waals surface area contributed by atoms with Crippen molar-refractivity contribution in [2.24, 2.45) is 0 Å². The number of aryl methyl sites for hydroxylation is 1. The van der Waals surface area contributed by atoms with Crippen molar-refractivity contribution >= 4 is 17.5 Å². The maximum Gasteiger partial charge on any atom is 0.355 e. The molecule has 0 radical (unpaired) electrons. The molecule has 0 atom stereocenters. The number of carbonyl (C=O) groups excluding carboxylic acids is 3. The number of benzene rings is 2. The number of carbonyl (C=O) groups is 3. The molecule has 0 saturated heterocycles. The summed E-state index contributed by atoms with van der Waals surface area (Å²) in [5, 5.41) is 0. The van der Waals surface area contributed by atoms with Crippen LogP contribution in [0.3, 0.4) is 0 Å². The summed E-state index contributed by atoms with van der Waals surface area (Å²) >= 11 is 0. The Morgan fingerprint density at radius 2 is 1.50 bits per heavy atom. The van der Waals surface area contributed by atoms with Crippen LogP contribution in [0.15, 0.2) is 54.6 Å². The van der Waals surface area contributed by atoms with Crippen LogP contribution in [-0.2, 0) is 4.74 Å². The lowest BCUT2D eigenvalue weighted by molar-refractivity contribution is 0.0468. The van der Waals surface area contributed by atoms with Crippen molar-refractivity contribution in [1.29, 1.82) is 0 Å². The van der Waals surface area contributed by atoms with Crippen molar-refractivity contribution in [3.63, 3.8) is 0 Å². The first-order valence-electron chi connectivity index (χ1n) is 8.94. The number of H-pyrrole nitrogens is 1.